The molecule has 3 aromatic rings. The number of hydrogen-bond acceptors (Lipinski definition) is 4. The molecule has 134 valence electrons. The lowest BCUT2D eigenvalue weighted by Gasteiger charge is -2.06. The maximum absolute atomic E-state index is 12.7. The molecular formula is C20H20N2O3S. The van der Waals surface area contributed by atoms with Gasteiger partial charge in [-0.1, -0.05) is 23.5 Å². The van der Waals surface area contributed by atoms with Gasteiger partial charge >= 0.3 is 0 Å². The zero-order chi connectivity index (χ0) is 18.7. The first-order valence-corrected chi connectivity index (χ1v) is 8.90. The Morgan fingerprint density at radius 1 is 1.19 bits per heavy atom. The lowest BCUT2D eigenvalue weighted by molar-refractivity contribution is 0.0997. The van der Waals surface area contributed by atoms with Crippen molar-refractivity contribution in [3.63, 3.8) is 0 Å². The monoisotopic (exact) mass is 368 g/mol. The van der Waals surface area contributed by atoms with E-state index in [1.54, 1.807) is 38.5 Å². The summed E-state index contributed by atoms with van der Waals surface area (Å²) >= 11 is 1.49. The minimum Gasteiger partial charge on any atom is -0.497 e. The van der Waals surface area contributed by atoms with Gasteiger partial charge in [-0.05, 0) is 36.8 Å². The molecule has 0 radical (unpaired) electrons. The minimum atomic E-state index is -0.344. The largest absolute Gasteiger partial charge is 0.497 e. The molecule has 5 nitrogen and oxygen atoms in total. The van der Waals surface area contributed by atoms with Gasteiger partial charge in [0, 0.05) is 18.2 Å². The Hall–Kier alpha value is -2.86. The topological polar surface area (TPSA) is 52.8 Å². The van der Waals surface area contributed by atoms with Crippen molar-refractivity contribution >= 4 is 27.5 Å². The number of benzene rings is 2. The van der Waals surface area contributed by atoms with Crippen molar-refractivity contribution in [2.24, 2.45) is 4.99 Å². The van der Waals surface area contributed by atoms with Gasteiger partial charge in [0.05, 0.1) is 24.4 Å². The molecule has 0 spiro atoms. The van der Waals surface area contributed by atoms with Gasteiger partial charge in [-0.15, -0.1) is 6.58 Å². The molecule has 0 bridgehead atoms. The van der Waals surface area contributed by atoms with Crippen LogP contribution in [0.3, 0.4) is 0 Å². The van der Waals surface area contributed by atoms with E-state index in [9.17, 15) is 4.79 Å². The normalized spacial score (nSPS) is 11.6. The molecule has 0 aliphatic heterocycles. The van der Waals surface area contributed by atoms with E-state index in [4.69, 9.17) is 9.47 Å². The zero-order valence-corrected chi connectivity index (χ0v) is 15.8. The summed E-state index contributed by atoms with van der Waals surface area (Å²) in [5, 5.41) is 0. The maximum Gasteiger partial charge on any atom is 0.279 e. The Kier molecular flexibility index (Phi) is 5.23. The van der Waals surface area contributed by atoms with E-state index >= 15 is 0 Å². The van der Waals surface area contributed by atoms with Crippen LogP contribution >= 0.6 is 11.3 Å². The number of aromatic nitrogens is 1. The molecule has 0 atom stereocenters. The van der Waals surface area contributed by atoms with Gasteiger partial charge in [0.15, 0.2) is 4.80 Å². The molecular weight excluding hydrogens is 348 g/mol. The number of amides is 1. The molecule has 1 aromatic heterocycles. The number of allylic oxidation sites excluding steroid dienone is 1. The summed E-state index contributed by atoms with van der Waals surface area (Å²) in [6.07, 6.45) is 1.80. The van der Waals surface area contributed by atoms with Gasteiger partial charge in [-0.2, -0.15) is 4.99 Å². The molecule has 0 unspecified atom stereocenters. The Morgan fingerprint density at radius 3 is 2.50 bits per heavy atom. The summed E-state index contributed by atoms with van der Waals surface area (Å²) in [6.45, 7) is 6.43. The summed E-state index contributed by atoms with van der Waals surface area (Å²) in [5.41, 5.74) is 2.62. The number of hydrogen-bond donors (Lipinski definition) is 0. The van der Waals surface area contributed by atoms with Crippen molar-refractivity contribution < 1.29 is 14.3 Å². The lowest BCUT2D eigenvalue weighted by atomic mass is 10.2. The van der Waals surface area contributed by atoms with Crippen LogP contribution < -0.4 is 14.3 Å². The number of rotatable bonds is 5. The molecule has 6 heteroatoms. The predicted octanol–water partition coefficient (Wildman–Crippen LogP) is 3.96. The molecule has 2 aromatic carbocycles. The summed E-state index contributed by atoms with van der Waals surface area (Å²) in [6, 6.07) is 11.2. The minimum absolute atomic E-state index is 0.344. The molecule has 0 aliphatic rings. The molecule has 1 amide bonds. The number of aryl methyl sites for hydroxylation is 1. The van der Waals surface area contributed by atoms with Crippen LogP contribution in [0.1, 0.15) is 15.9 Å². The first kappa shape index (κ1) is 17.9. The maximum atomic E-state index is 12.7. The van der Waals surface area contributed by atoms with E-state index in [0.29, 0.717) is 28.4 Å². The Bertz CT molecular complexity index is 1020. The number of carbonyl (C=O) groups excluding carboxylic acids is 1. The molecule has 0 N–H and O–H groups in total. The highest BCUT2D eigenvalue weighted by molar-refractivity contribution is 7.16. The average molecular weight is 368 g/mol. The quantitative estimate of drug-likeness (QED) is 0.641. The first-order chi connectivity index (χ1) is 12.5. The zero-order valence-electron chi connectivity index (χ0n) is 15.0. The van der Waals surface area contributed by atoms with Crippen LogP contribution in [0.2, 0.25) is 0 Å². The molecule has 0 saturated carbocycles. The summed E-state index contributed by atoms with van der Waals surface area (Å²) in [7, 11) is 3.10. The lowest BCUT2D eigenvalue weighted by Crippen LogP contribution is -2.16. The second-order valence-corrected chi connectivity index (χ2v) is 6.78. The van der Waals surface area contributed by atoms with Crippen molar-refractivity contribution in [1.29, 1.82) is 0 Å². The van der Waals surface area contributed by atoms with Crippen LogP contribution in [0.25, 0.3) is 10.2 Å². The van der Waals surface area contributed by atoms with E-state index < -0.39 is 0 Å². The Morgan fingerprint density at radius 2 is 1.88 bits per heavy atom. The van der Waals surface area contributed by atoms with Crippen LogP contribution in [0, 0.1) is 6.92 Å². The Labute approximate surface area is 155 Å². The van der Waals surface area contributed by atoms with Crippen LogP contribution in [0.4, 0.5) is 0 Å². The standard InChI is InChI=1S/C20H20N2O3S/c1-5-8-22-17-7-6-13(2)9-18(17)26-20(22)21-19(23)14-10-15(24-3)12-16(11-14)25-4/h5-7,9-12H,1,8H2,2-4H3. The second-order valence-electron chi connectivity index (χ2n) is 5.77. The summed E-state index contributed by atoms with van der Waals surface area (Å²) < 4.78 is 13.5. The van der Waals surface area contributed by atoms with E-state index in [-0.39, 0.29) is 5.91 Å². The first-order valence-electron chi connectivity index (χ1n) is 8.08. The third-order valence-corrected chi connectivity index (χ3v) is 4.99. The van der Waals surface area contributed by atoms with Gasteiger partial charge in [0.25, 0.3) is 5.91 Å². The molecule has 1 heterocycles. The summed E-state index contributed by atoms with van der Waals surface area (Å²) in [5.74, 6) is 0.756. The fraction of sp³-hybridized carbons (Fsp3) is 0.200. The van der Waals surface area contributed by atoms with Crippen LogP contribution in [0.15, 0.2) is 54.0 Å². The number of fused-ring (bicyclic) bond motifs is 1. The van der Waals surface area contributed by atoms with E-state index in [1.165, 1.54) is 16.9 Å². The Balaban J connectivity index is 2.13. The van der Waals surface area contributed by atoms with Crippen LogP contribution in [-0.4, -0.2) is 24.7 Å². The highest BCUT2D eigenvalue weighted by atomic mass is 32.1. The highest BCUT2D eigenvalue weighted by Gasteiger charge is 2.11. The van der Waals surface area contributed by atoms with Crippen molar-refractivity contribution in [3.05, 3.63) is 65.0 Å². The van der Waals surface area contributed by atoms with Crippen LogP contribution in [-0.2, 0) is 6.54 Å². The number of methoxy groups -OCH3 is 2. The molecule has 0 aliphatic carbocycles. The van der Waals surface area contributed by atoms with Gasteiger partial charge < -0.3 is 14.0 Å². The SMILES string of the molecule is C=CCn1c(=NC(=O)c2cc(OC)cc(OC)c2)sc2cc(C)ccc21. The highest BCUT2D eigenvalue weighted by Crippen LogP contribution is 2.23. The smallest absolute Gasteiger partial charge is 0.279 e. The van der Waals surface area contributed by atoms with E-state index in [1.807, 2.05) is 23.6 Å². The van der Waals surface area contributed by atoms with Crippen molar-refractivity contribution in [2.45, 2.75) is 13.5 Å². The number of thiazole rings is 1. The van der Waals surface area contributed by atoms with Crippen molar-refractivity contribution in [1.82, 2.24) is 4.57 Å². The second kappa shape index (κ2) is 7.58. The average Bonchev–Trinajstić information content (AvgIpc) is 2.97. The molecule has 0 saturated heterocycles. The van der Waals surface area contributed by atoms with E-state index in [0.717, 1.165) is 10.2 Å². The van der Waals surface area contributed by atoms with Crippen LogP contribution in [0.5, 0.6) is 11.5 Å². The fourth-order valence-corrected chi connectivity index (χ4v) is 3.79. The van der Waals surface area contributed by atoms with Gasteiger partial charge in [-0.25, -0.2) is 0 Å². The third kappa shape index (κ3) is 3.55. The van der Waals surface area contributed by atoms with Gasteiger partial charge in [-0.3, -0.25) is 4.79 Å². The molecule has 26 heavy (non-hydrogen) atoms. The summed E-state index contributed by atoms with van der Waals surface area (Å²) in [4.78, 5) is 17.7. The van der Waals surface area contributed by atoms with Crippen molar-refractivity contribution in [3.8, 4) is 11.5 Å². The van der Waals surface area contributed by atoms with Crippen molar-refractivity contribution in [2.75, 3.05) is 14.2 Å². The van der Waals surface area contributed by atoms with E-state index in [2.05, 4.69) is 17.6 Å². The predicted molar refractivity (Wildman–Crippen MR) is 104 cm³/mol. The van der Waals surface area contributed by atoms with Gasteiger partial charge in [0.2, 0.25) is 0 Å². The van der Waals surface area contributed by atoms with Gasteiger partial charge in [0.1, 0.15) is 11.5 Å². The number of nitrogens with zero attached hydrogens (tertiary/aromatic N) is 2. The molecule has 3 rings (SSSR count). The third-order valence-electron chi connectivity index (χ3n) is 3.95. The number of ether oxygens (including phenoxy) is 2. The fourth-order valence-electron chi connectivity index (χ4n) is 2.65. The number of carbonyl (C=O) groups is 1. The molecule has 0 fully saturated rings.